The SMILES string of the molecule is CC1CCN(Cc2ccoc2-c2ccc(O)c3c2CC2CC4C(N(C)C)C(O)=C(C(N)=O)C(O)(O)C4C(=O)C2=C3O)CC1. The number of furan rings is 1. The number of likely N-dealkylation sites (tertiary alicyclic amines) is 1. The normalized spacial score (nSPS) is 27.7. The Hall–Kier alpha value is -3.64. The zero-order valence-electron chi connectivity index (χ0n) is 24.6. The molecule has 1 aromatic heterocycles. The number of carbonyl (C=O) groups excluding carboxylic acids is 2. The van der Waals surface area contributed by atoms with Crippen molar-refractivity contribution in [1.29, 1.82) is 0 Å². The van der Waals surface area contributed by atoms with Crippen molar-refractivity contribution in [3.63, 3.8) is 0 Å². The number of likely N-dealkylation sites (N-methyl/N-ethyl adjacent to an activating group) is 1. The molecule has 2 fully saturated rings. The predicted octanol–water partition coefficient (Wildman–Crippen LogP) is 2.45. The van der Waals surface area contributed by atoms with E-state index in [1.165, 1.54) is 6.07 Å². The van der Waals surface area contributed by atoms with Crippen LogP contribution in [0.15, 0.2) is 45.8 Å². The van der Waals surface area contributed by atoms with Gasteiger partial charge < -0.3 is 35.7 Å². The lowest BCUT2D eigenvalue weighted by molar-refractivity contribution is -0.203. The molecular formula is C32H39N3O8. The van der Waals surface area contributed by atoms with Gasteiger partial charge in [-0.15, -0.1) is 0 Å². The lowest BCUT2D eigenvalue weighted by Gasteiger charge is -2.51. The summed E-state index contributed by atoms with van der Waals surface area (Å²) in [5, 5.41) is 55.8. The number of phenols is 1. The molecule has 230 valence electrons. The number of allylic oxidation sites excluding steroid dienone is 1. The summed E-state index contributed by atoms with van der Waals surface area (Å²) in [5.74, 6) is -7.96. The van der Waals surface area contributed by atoms with Crippen LogP contribution in [-0.4, -0.2) is 86.0 Å². The molecule has 1 amide bonds. The molecule has 0 spiro atoms. The van der Waals surface area contributed by atoms with Crippen molar-refractivity contribution in [2.75, 3.05) is 27.2 Å². The number of hydrogen-bond donors (Lipinski definition) is 6. The van der Waals surface area contributed by atoms with Gasteiger partial charge in [0.2, 0.25) is 5.79 Å². The van der Waals surface area contributed by atoms with E-state index in [-0.39, 0.29) is 29.7 Å². The number of Topliss-reactive ketones (excluding diaryl/α,β-unsaturated/α-hetero) is 1. The lowest BCUT2D eigenvalue weighted by atomic mass is 9.57. The molecular weight excluding hydrogens is 554 g/mol. The van der Waals surface area contributed by atoms with Crippen LogP contribution in [0.3, 0.4) is 0 Å². The Morgan fingerprint density at radius 2 is 1.84 bits per heavy atom. The van der Waals surface area contributed by atoms with Crippen LogP contribution >= 0.6 is 0 Å². The van der Waals surface area contributed by atoms with E-state index < -0.39 is 58.4 Å². The van der Waals surface area contributed by atoms with Crippen LogP contribution in [0.25, 0.3) is 17.1 Å². The summed E-state index contributed by atoms with van der Waals surface area (Å²) >= 11 is 0. The third-order valence-corrected chi connectivity index (χ3v) is 9.98. The second-order valence-electron chi connectivity index (χ2n) is 12.9. The van der Waals surface area contributed by atoms with Crippen LogP contribution < -0.4 is 5.73 Å². The van der Waals surface area contributed by atoms with Crippen LogP contribution in [0.2, 0.25) is 0 Å². The number of benzene rings is 1. The Morgan fingerprint density at radius 1 is 1.14 bits per heavy atom. The topological polar surface area (TPSA) is 181 Å². The van der Waals surface area contributed by atoms with E-state index in [2.05, 4.69) is 11.8 Å². The van der Waals surface area contributed by atoms with Gasteiger partial charge in [-0.05, 0) is 94.4 Å². The molecule has 0 radical (unpaired) electrons. The van der Waals surface area contributed by atoms with Gasteiger partial charge in [-0.3, -0.25) is 19.4 Å². The molecule has 4 atom stereocenters. The number of aromatic hydroxyl groups is 1. The van der Waals surface area contributed by atoms with E-state index in [1.54, 1.807) is 31.3 Å². The van der Waals surface area contributed by atoms with Crippen molar-refractivity contribution in [3.05, 3.63) is 58.1 Å². The third kappa shape index (κ3) is 4.57. The Morgan fingerprint density at radius 3 is 2.49 bits per heavy atom. The maximum Gasteiger partial charge on any atom is 0.253 e. The minimum atomic E-state index is -3.05. The molecule has 4 unspecified atom stereocenters. The van der Waals surface area contributed by atoms with E-state index in [0.29, 0.717) is 29.3 Å². The Kier molecular flexibility index (Phi) is 7.20. The number of aliphatic hydroxyl groups is 4. The number of piperidine rings is 1. The first-order chi connectivity index (χ1) is 20.3. The van der Waals surface area contributed by atoms with Gasteiger partial charge in [0.15, 0.2) is 5.78 Å². The van der Waals surface area contributed by atoms with Crippen molar-refractivity contribution in [2.24, 2.45) is 29.4 Å². The Bertz CT molecular complexity index is 1550. The molecule has 1 aromatic carbocycles. The summed E-state index contributed by atoms with van der Waals surface area (Å²) in [7, 11) is 3.30. The highest BCUT2D eigenvalue weighted by Crippen LogP contribution is 2.54. The van der Waals surface area contributed by atoms with E-state index in [9.17, 15) is 35.1 Å². The summed E-state index contributed by atoms with van der Waals surface area (Å²) in [6, 6.07) is 4.24. The molecule has 1 saturated heterocycles. The Balaban J connectivity index is 1.44. The van der Waals surface area contributed by atoms with E-state index in [0.717, 1.165) is 31.5 Å². The highest BCUT2D eigenvalue weighted by atomic mass is 16.5. The number of carbonyl (C=O) groups is 2. The van der Waals surface area contributed by atoms with Gasteiger partial charge in [-0.1, -0.05) is 6.92 Å². The number of aliphatic hydroxyl groups excluding tert-OH is 2. The molecule has 1 aliphatic heterocycles. The molecule has 11 heteroatoms. The molecule has 2 heterocycles. The zero-order chi connectivity index (χ0) is 31.0. The van der Waals surface area contributed by atoms with Gasteiger partial charge >= 0.3 is 0 Å². The van der Waals surface area contributed by atoms with Crippen LogP contribution in [0, 0.1) is 23.7 Å². The van der Waals surface area contributed by atoms with Crippen LogP contribution in [0.1, 0.15) is 42.9 Å². The van der Waals surface area contributed by atoms with Crippen molar-refractivity contribution in [3.8, 4) is 17.1 Å². The maximum atomic E-state index is 14.1. The Labute approximate surface area is 249 Å². The second kappa shape index (κ2) is 10.5. The standard InChI is InChI=1S/C32H39N3O8/c1-15-6-9-35(10-7-15)14-16-8-11-43-30(16)18-4-5-21(36)23-19(18)12-17-13-20-24(28(38)22(17)27(23)37)32(41,42)25(31(33)40)29(39)26(20)34(2)3/h4-5,8,11,15,17,20,24,26,36-37,39,41-42H,6-7,9-10,12-14H2,1-3H3,(H2,33,40). The van der Waals surface area contributed by atoms with Gasteiger partial charge in [0.25, 0.3) is 5.91 Å². The first-order valence-electron chi connectivity index (χ1n) is 14.8. The predicted molar refractivity (Wildman–Crippen MR) is 156 cm³/mol. The van der Waals surface area contributed by atoms with Crippen molar-refractivity contribution in [2.45, 2.75) is 51.0 Å². The maximum absolute atomic E-state index is 14.1. The molecule has 3 aliphatic carbocycles. The fraction of sp³-hybridized carbons (Fsp3) is 0.500. The van der Waals surface area contributed by atoms with Crippen molar-refractivity contribution in [1.82, 2.24) is 9.80 Å². The molecule has 1 saturated carbocycles. The third-order valence-electron chi connectivity index (χ3n) is 9.98. The van der Waals surface area contributed by atoms with Crippen LogP contribution in [-0.2, 0) is 22.6 Å². The molecule has 4 aliphatic rings. The summed E-state index contributed by atoms with van der Waals surface area (Å²) in [6.45, 7) is 4.93. The van der Waals surface area contributed by atoms with Gasteiger partial charge in [0, 0.05) is 23.2 Å². The first kappa shape index (κ1) is 29.4. The van der Waals surface area contributed by atoms with Gasteiger partial charge in [-0.25, -0.2) is 0 Å². The number of primary amides is 1. The van der Waals surface area contributed by atoms with Gasteiger partial charge in [0.1, 0.15) is 28.6 Å². The molecule has 7 N–H and O–H groups in total. The molecule has 6 rings (SSSR count). The minimum Gasteiger partial charge on any atom is -0.510 e. The highest BCUT2D eigenvalue weighted by Gasteiger charge is 2.62. The molecule has 2 aromatic rings. The van der Waals surface area contributed by atoms with Crippen molar-refractivity contribution >= 4 is 17.4 Å². The molecule has 0 bridgehead atoms. The number of nitrogens with zero attached hydrogens (tertiary/aromatic N) is 2. The average Bonchev–Trinajstić information content (AvgIpc) is 3.36. The monoisotopic (exact) mass is 593 g/mol. The summed E-state index contributed by atoms with van der Waals surface area (Å²) in [5.41, 5.74) is 6.95. The number of phenolic OH excluding ortho intramolecular Hbond substituents is 1. The second-order valence-corrected chi connectivity index (χ2v) is 12.9. The van der Waals surface area contributed by atoms with E-state index in [1.807, 2.05) is 6.07 Å². The van der Waals surface area contributed by atoms with Gasteiger partial charge in [0.05, 0.1) is 23.8 Å². The highest BCUT2D eigenvalue weighted by molar-refractivity contribution is 6.08. The number of fused-ring (bicyclic) bond motifs is 3. The number of nitrogens with two attached hydrogens (primary N) is 1. The largest absolute Gasteiger partial charge is 0.510 e. The van der Waals surface area contributed by atoms with E-state index in [4.69, 9.17) is 10.2 Å². The molecule has 11 nitrogen and oxygen atoms in total. The number of ketones is 1. The quantitative estimate of drug-likeness (QED) is 0.282. The summed E-state index contributed by atoms with van der Waals surface area (Å²) in [6.07, 6.45) is 4.33. The zero-order valence-corrected chi connectivity index (χ0v) is 24.6. The minimum absolute atomic E-state index is 0.0431. The number of amides is 1. The molecule has 43 heavy (non-hydrogen) atoms. The van der Waals surface area contributed by atoms with E-state index >= 15 is 0 Å². The van der Waals surface area contributed by atoms with Gasteiger partial charge in [-0.2, -0.15) is 0 Å². The lowest BCUT2D eigenvalue weighted by Crippen LogP contribution is -2.62. The summed E-state index contributed by atoms with van der Waals surface area (Å²) < 4.78 is 5.99. The van der Waals surface area contributed by atoms with Crippen molar-refractivity contribution < 1.29 is 39.5 Å². The first-order valence-corrected chi connectivity index (χ1v) is 14.8. The fourth-order valence-corrected chi connectivity index (χ4v) is 7.93. The van der Waals surface area contributed by atoms with Crippen LogP contribution in [0.5, 0.6) is 5.75 Å². The summed E-state index contributed by atoms with van der Waals surface area (Å²) in [4.78, 5) is 30.3. The number of rotatable bonds is 5. The smallest absolute Gasteiger partial charge is 0.253 e. The van der Waals surface area contributed by atoms with Crippen LogP contribution in [0.4, 0.5) is 0 Å². The average molecular weight is 594 g/mol. The number of hydrogen-bond acceptors (Lipinski definition) is 10. The fourth-order valence-electron chi connectivity index (χ4n) is 7.93.